The van der Waals surface area contributed by atoms with Crippen molar-refractivity contribution in [1.82, 2.24) is 10.6 Å². The lowest BCUT2D eigenvalue weighted by Crippen LogP contribution is -2.44. The van der Waals surface area contributed by atoms with Crippen LogP contribution in [0, 0.1) is 0 Å². The summed E-state index contributed by atoms with van der Waals surface area (Å²) in [7, 11) is 0. The molecule has 0 saturated carbocycles. The number of carbonyl (C=O) groups is 4. The summed E-state index contributed by atoms with van der Waals surface area (Å²) in [6.45, 7) is -0.914. The summed E-state index contributed by atoms with van der Waals surface area (Å²) in [5.41, 5.74) is 2.10. The number of nitrogens with one attached hydrogen (secondary N) is 2. The molecule has 4 rings (SSSR count). The Morgan fingerprint density at radius 1 is 0.543 bits per heavy atom. The molecule has 0 aliphatic rings. The molecular formula is C34H32N4O8. The van der Waals surface area contributed by atoms with Gasteiger partial charge in [0.1, 0.15) is 35.0 Å². The van der Waals surface area contributed by atoms with Crippen LogP contribution in [0.15, 0.2) is 119 Å². The topological polar surface area (TPSA) is 176 Å². The Labute approximate surface area is 264 Å². The van der Waals surface area contributed by atoms with Crippen molar-refractivity contribution in [1.29, 1.82) is 0 Å². The molecule has 0 bridgehead atoms. The average molecular weight is 625 g/mol. The molecule has 4 aromatic carbocycles. The number of nitrogens with zero attached hydrogens (tertiary/aromatic N) is 2. The fraction of sp³-hybridized carbons (Fsp3) is 0.176. The molecule has 0 unspecified atom stereocenters. The Bertz CT molecular complexity index is 1540. The maximum Gasteiger partial charge on any atom is 0.326 e. The zero-order valence-corrected chi connectivity index (χ0v) is 24.6. The first-order valence-electron chi connectivity index (χ1n) is 14.3. The number of ether oxygens (including phenoxy) is 2. The van der Waals surface area contributed by atoms with Gasteiger partial charge in [-0.15, -0.1) is 10.2 Å². The van der Waals surface area contributed by atoms with Crippen LogP contribution in [0.25, 0.3) is 0 Å². The van der Waals surface area contributed by atoms with Crippen molar-refractivity contribution in [2.45, 2.75) is 24.9 Å². The molecule has 2 atom stereocenters. The van der Waals surface area contributed by atoms with Crippen molar-refractivity contribution < 1.29 is 38.9 Å². The molecule has 0 radical (unpaired) electrons. The first-order chi connectivity index (χ1) is 22.3. The summed E-state index contributed by atoms with van der Waals surface area (Å²) in [4.78, 5) is 48.5. The number of hydrogen-bond acceptors (Lipinski definition) is 8. The molecule has 12 nitrogen and oxygen atoms in total. The standard InChI is InChI=1S/C34H32N4O8/c39-31(35-27(33(41)42)19-23-11-3-1-4-12-23)21-45-29-17-9-7-15-25(29)37-38-26-16-8-10-18-30(26)46-22-32(40)36-28(34(43)44)20-24-13-5-2-6-14-24/h1-18,27-28H,19-22H2,(H,35,39)(H,36,40)(H,41,42)(H,43,44)/t27-,28-/m0/s1. The van der Waals surface area contributed by atoms with Gasteiger partial charge in [-0.1, -0.05) is 84.9 Å². The van der Waals surface area contributed by atoms with Crippen molar-refractivity contribution in [3.05, 3.63) is 120 Å². The second-order valence-electron chi connectivity index (χ2n) is 10.0. The van der Waals surface area contributed by atoms with Gasteiger partial charge < -0.3 is 30.3 Å². The largest absolute Gasteiger partial charge is 0.481 e. The number of benzene rings is 4. The van der Waals surface area contributed by atoms with Gasteiger partial charge in [-0.05, 0) is 35.4 Å². The zero-order valence-electron chi connectivity index (χ0n) is 24.6. The molecule has 0 aliphatic carbocycles. The molecule has 12 heteroatoms. The third-order valence-electron chi connectivity index (χ3n) is 6.55. The number of aliphatic carboxylic acids is 2. The van der Waals surface area contributed by atoms with Gasteiger partial charge in [0, 0.05) is 12.8 Å². The van der Waals surface area contributed by atoms with Gasteiger partial charge in [-0.3, -0.25) is 9.59 Å². The van der Waals surface area contributed by atoms with Gasteiger partial charge in [-0.2, -0.15) is 0 Å². The molecular weight excluding hydrogens is 592 g/mol. The lowest BCUT2D eigenvalue weighted by molar-refractivity contribution is -0.142. The minimum Gasteiger partial charge on any atom is -0.481 e. The Kier molecular flexibility index (Phi) is 11.9. The Balaban J connectivity index is 1.34. The smallest absolute Gasteiger partial charge is 0.326 e. The number of para-hydroxylation sites is 2. The van der Waals surface area contributed by atoms with Crippen molar-refractivity contribution >= 4 is 35.1 Å². The van der Waals surface area contributed by atoms with Crippen molar-refractivity contribution in [2.24, 2.45) is 10.2 Å². The van der Waals surface area contributed by atoms with E-state index in [0.29, 0.717) is 0 Å². The minimum absolute atomic E-state index is 0.115. The predicted octanol–water partition coefficient (Wildman–Crippen LogP) is 4.48. The van der Waals surface area contributed by atoms with Crippen LogP contribution in [-0.2, 0) is 32.0 Å². The summed E-state index contributed by atoms with van der Waals surface area (Å²) in [5, 5.41) is 32.5. The number of carbonyl (C=O) groups excluding carboxylic acids is 2. The minimum atomic E-state index is -1.17. The van der Waals surface area contributed by atoms with Crippen molar-refractivity contribution in [3.8, 4) is 11.5 Å². The normalized spacial score (nSPS) is 12.1. The van der Waals surface area contributed by atoms with Crippen LogP contribution < -0.4 is 20.1 Å². The van der Waals surface area contributed by atoms with Crippen LogP contribution in [0.2, 0.25) is 0 Å². The van der Waals surface area contributed by atoms with E-state index >= 15 is 0 Å². The maximum absolute atomic E-state index is 12.5. The first kappa shape index (κ1) is 32.9. The third kappa shape index (κ3) is 10.3. The van der Waals surface area contributed by atoms with E-state index in [1.807, 2.05) is 12.1 Å². The van der Waals surface area contributed by atoms with Gasteiger partial charge in [0.15, 0.2) is 13.2 Å². The van der Waals surface area contributed by atoms with Crippen molar-refractivity contribution in [3.63, 3.8) is 0 Å². The Hall–Kier alpha value is -6.04. The molecule has 4 aromatic rings. The van der Waals surface area contributed by atoms with Gasteiger partial charge in [0.25, 0.3) is 11.8 Å². The molecule has 0 fully saturated rings. The monoisotopic (exact) mass is 624 g/mol. The SMILES string of the molecule is O=C(COc1ccccc1N=Nc1ccccc1OCC(=O)N[C@@H](Cc1ccccc1)C(=O)O)N[C@@H](Cc1ccccc1)C(=O)O. The van der Waals surface area contributed by atoms with Gasteiger partial charge in [-0.25, -0.2) is 9.59 Å². The number of hydrogen-bond donors (Lipinski definition) is 4. The first-order valence-corrected chi connectivity index (χ1v) is 14.3. The highest BCUT2D eigenvalue weighted by Gasteiger charge is 2.22. The second kappa shape index (κ2) is 16.7. The van der Waals surface area contributed by atoms with E-state index in [1.165, 1.54) is 0 Å². The van der Waals surface area contributed by atoms with Gasteiger partial charge >= 0.3 is 11.9 Å². The highest BCUT2D eigenvalue weighted by molar-refractivity contribution is 5.85. The molecule has 0 saturated heterocycles. The van der Waals surface area contributed by atoms with Crippen LogP contribution in [0.4, 0.5) is 11.4 Å². The number of carboxylic acids is 2. The molecule has 0 spiro atoms. The molecule has 0 aromatic heterocycles. The maximum atomic E-state index is 12.5. The molecule has 4 N–H and O–H groups in total. The van der Waals surface area contributed by atoms with Gasteiger partial charge in [0.2, 0.25) is 0 Å². The number of carboxylic acid groups (broad SMARTS) is 2. The quantitative estimate of drug-likeness (QED) is 0.132. The third-order valence-corrected chi connectivity index (χ3v) is 6.55. The summed E-state index contributed by atoms with van der Waals surface area (Å²) in [6, 6.07) is 28.8. The van der Waals surface area contributed by atoms with E-state index in [-0.39, 0.29) is 35.7 Å². The van der Waals surface area contributed by atoms with E-state index in [0.717, 1.165) is 11.1 Å². The van der Waals surface area contributed by atoms with E-state index in [4.69, 9.17) is 9.47 Å². The summed E-state index contributed by atoms with van der Waals surface area (Å²) >= 11 is 0. The second-order valence-corrected chi connectivity index (χ2v) is 10.0. The number of rotatable bonds is 16. The van der Waals surface area contributed by atoms with E-state index in [1.54, 1.807) is 97.1 Å². The fourth-order valence-electron chi connectivity index (χ4n) is 4.29. The molecule has 2 amide bonds. The van der Waals surface area contributed by atoms with Crippen LogP contribution in [0.3, 0.4) is 0 Å². The molecule has 0 heterocycles. The summed E-state index contributed by atoms with van der Waals surface area (Å²) in [6.07, 6.45) is 0.230. The average Bonchev–Trinajstić information content (AvgIpc) is 3.06. The highest BCUT2D eigenvalue weighted by Crippen LogP contribution is 2.32. The molecule has 46 heavy (non-hydrogen) atoms. The lowest BCUT2D eigenvalue weighted by atomic mass is 10.1. The molecule has 236 valence electrons. The van der Waals surface area contributed by atoms with Crippen LogP contribution >= 0.6 is 0 Å². The lowest BCUT2D eigenvalue weighted by Gasteiger charge is -2.15. The molecule has 0 aliphatic heterocycles. The zero-order chi connectivity index (χ0) is 32.7. The van der Waals surface area contributed by atoms with Crippen LogP contribution in [-0.4, -0.2) is 59.3 Å². The van der Waals surface area contributed by atoms with Crippen LogP contribution in [0.1, 0.15) is 11.1 Å². The number of azo groups is 1. The van der Waals surface area contributed by atoms with E-state index in [9.17, 15) is 29.4 Å². The summed E-state index contributed by atoms with van der Waals surface area (Å²) in [5.74, 6) is -3.13. The Morgan fingerprint density at radius 3 is 1.26 bits per heavy atom. The fourth-order valence-corrected chi connectivity index (χ4v) is 4.29. The van der Waals surface area contributed by atoms with E-state index < -0.39 is 49.1 Å². The predicted molar refractivity (Wildman–Crippen MR) is 167 cm³/mol. The highest BCUT2D eigenvalue weighted by atomic mass is 16.5. The Morgan fingerprint density at radius 2 is 0.891 bits per heavy atom. The van der Waals surface area contributed by atoms with E-state index in [2.05, 4.69) is 20.9 Å². The van der Waals surface area contributed by atoms with Crippen molar-refractivity contribution in [2.75, 3.05) is 13.2 Å². The van der Waals surface area contributed by atoms with Gasteiger partial charge in [0.05, 0.1) is 0 Å². The summed E-state index contributed by atoms with van der Waals surface area (Å²) < 4.78 is 11.3. The number of amides is 2. The van der Waals surface area contributed by atoms with Crippen LogP contribution in [0.5, 0.6) is 11.5 Å².